The van der Waals surface area contributed by atoms with E-state index in [0.717, 1.165) is 24.0 Å². The number of fused-ring (bicyclic) bond motifs is 3. The average molecular weight is 381 g/mol. The van der Waals surface area contributed by atoms with Gasteiger partial charge in [0, 0.05) is 0 Å². The van der Waals surface area contributed by atoms with Gasteiger partial charge in [0.25, 0.3) is 10.1 Å². The maximum atomic E-state index is 12.0. The Morgan fingerprint density at radius 3 is 2.42 bits per heavy atom. The Morgan fingerprint density at radius 1 is 1.23 bits per heavy atom. The van der Waals surface area contributed by atoms with Crippen LogP contribution in [-0.2, 0) is 26.7 Å². The molecule has 5 nitrogen and oxygen atoms in total. The molecular weight excluding hydrogens is 352 g/mol. The van der Waals surface area contributed by atoms with E-state index in [1.807, 2.05) is 26.8 Å². The van der Waals surface area contributed by atoms with E-state index in [2.05, 4.69) is 6.92 Å². The van der Waals surface area contributed by atoms with Crippen molar-refractivity contribution >= 4 is 16.1 Å². The van der Waals surface area contributed by atoms with Crippen LogP contribution in [0.1, 0.15) is 76.0 Å². The molecule has 0 heterocycles. The lowest BCUT2D eigenvalue weighted by Gasteiger charge is -2.51. The van der Waals surface area contributed by atoms with Gasteiger partial charge in [0.1, 0.15) is 0 Å². The van der Waals surface area contributed by atoms with Gasteiger partial charge < -0.3 is 5.11 Å². The SMILES string of the molecule is CC(C)c1cc2c(cc1S(=O)(=O)O)[C@@]1(C)CC[C@@](C)(C(=O)O)C[C@@H]1CC2. The number of aliphatic carboxylic acids is 1. The molecule has 1 aromatic carbocycles. The maximum absolute atomic E-state index is 12.0. The molecule has 3 atom stereocenters. The van der Waals surface area contributed by atoms with Crippen molar-refractivity contribution in [3.8, 4) is 0 Å². The van der Waals surface area contributed by atoms with Crippen LogP contribution < -0.4 is 0 Å². The van der Waals surface area contributed by atoms with Gasteiger partial charge in [0.15, 0.2) is 0 Å². The minimum atomic E-state index is -4.31. The number of carbonyl (C=O) groups is 1. The van der Waals surface area contributed by atoms with Gasteiger partial charge in [-0.3, -0.25) is 9.35 Å². The van der Waals surface area contributed by atoms with Crippen molar-refractivity contribution in [3.63, 3.8) is 0 Å². The second kappa shape index (κ2) is 6.06. The summed E-state index contributed by atoms with van der Waals surface area (Å²) in [5.74, 6) is -0.562. The number of carboxylic acids is 1. The van der Waals surface area contributed by atoms with E-state index < -0.39 is 21.5 Å². The molecule has 0 spiro atoms. The zero-order chi connectivity index (χ0) is 19.5. The lowest BCUT2D eigenvalue weighted by atomic mass is 9.53. The summed E-state index contributed by atoms with van der Waals surface area (Å²) < 4.78 is 33.7. The standard InChI is InChI=1S/C20H28O5S/c1-12(2)15-9-13-5-6-14-11-19(3,18(21)22)7-8-20(14,4)16(13)10-17(15)26(23,24)25/h9-10,12,14H,5-8,11H2,1-4H3,(H,21,22)(H,23,24,25)/t14-,19+,20-/m0/s1. The van der Waals surface area contributed by atoms with E-state index in [0.29, 0.717) is 24.8 Å². The van der Waals surface area contributed by atoms with E-state index in [4.69, 9.17) is 0 Å². The van der Waals surface area contributed by atoms with Gasteiger partial charge in [-0.1, -0.05) is 26.8 Å². The highest BCUT2D eigenvalue weighted by atomic mass is 32.2. The summed E-state index contributed by atoms with van der Waals surface area (Å²) in [6, 6.07) is 3.60. The highest BCUT2D eigenvalue weighted by molar-refractivity contribution is 7.85. The molecule has 0 aromatic heterocycles. The van der Waals surface area contributed by atoms with Gasteiger partial charge in [-0.25, -0.2) is 0 Å². The second-order valence-corrected chi connectivity index (χ2v) is 10.3. The first-order valence-electron chi connectivity index (χ1n) is 9.27. The predicted octanol–water partition coefficient (Wildman–Crippen LogP) is 4.15. The molecule has 0 radical (unpaired) electrons. The fraction of sp³-hybridized carbons (Fsp3) is 0.650. The normalized spacial score (nSPS) is 31.4. The van der Waals surface area contributed by atoms with Crippen molar-refractivity contribution in [1.29, 1.82) is 0 Å². The molecule has 0 bridgehead atoms. The van der Waals surface area contributed by atoms with Crippen molar-refractivity contribution in [1.82, 2.24) is 0 Å². The monoisotopic (exact) mass is 380 g/mol. The summed E-state index contributed by atoms with van der Waals surface area (Å²) in [7, 11) is -4.31. The number of benzene rings is 1. The van der Waals surface area contributed by atoms with Crippen molar-refractivity contribution < 1.29 is 22.9 Å². The lowest BCUT2D eigenvalue weighted by molar-refractivity contribution is -0.152. The van der Waals surface area contributed by atoms with Crippen LogP contribution in [0.4, 0.5) is 0 Å². The molecule has 2 aliphatic rings. The molecular formula is C20H28O5S. The lowest BCUT2D eigenvalue weighted by Crippen LogP contribution is -2.47. The quantitative estimate of drug-likeness (QED) is 0.769. The third-order valence-electron chi connectivity index (χ3n) is 6.82. The van der Waals surface area contributed by atoms with Gasteiger partial charge in [0.2, 0.25) is 0 Å². The fourth-order valence-corrected chi connectivity index (χ4v) is 5.83. The van der Waals surface area contributed by atoms with E-state index in [1.54, 1.807) is 6.07 Å². The van der Waals surface area contributed by atoms with E-state index in [9.17, 15) is 22.9 Å². The van der Waals surface area contributed by atoms with Gasteiger partial charge in [0.05, 0.1) is 10.3 Å². The summed E-state index contributed by atoms with van der Waals surface area (Å²) >= 11 is 0. The van der Waals surface area contributed by atoms with Crippen LogP contribution in [0.25, 0.3) is 0 Å². The van der Waals surface area contributed by atoms with Gasteiger partial charge in [-0.15, -0.1) is 0 Å². The molecule has 6 heteroatoms. The van der Waals surface area contributed by atoms with Gasteiger partial charge in [-0.2, -0.15) is 8.42 Å². The van der Waals surface area contributed by atoms with Gasteiger partial charge >= 0.3 is 5.97 Å². The van der Waals surface area contributed by atoms with Crippen LogP contribution in [0.15, 0.2) is 17.0 Å². The molecule has 0 saturated heterocycles. The van der Waals surface area contributed by atoms with Crippen molar-refractivity contribution in [2.75, 3.05) is 0 Å². The largest absolute Gasteiger partial charge is 0.481 e. The van der Waals surface area contributed by atoms with E-state index in [1.165, 1.54) is 0 Å². The molecule has 2 N–H and O–H groups in total. The first kappa shape index (κ1) is 19.4. The smallest absolute Gasteiger partial charge is 0.309 e. The Balaban J connectivity index is 2.13. The summed E-state index contributed by atoms with van der Waals surface area (Å²) in [6.07, 6.45) is 3.61. The predicted molar refractivity (Wildman–Crippen MR) is 99.1 cm³/mol. The van der Waals surface area contributed by atoms with Crippen molar-refractivity contribution in [3.05, 3.63) is 28.8 Å². The highest BCUT2D eigenvalue weighted by Gasteiger charge is 2.51. The van der Waals surface area contributed by atoms with Gasteiger partial charge in [-0.05, 0) is 79.0 Å². The Labute approximate surface area is 155 Å². The number of rotatable bonds is 3. The Morgan fingerprint density at radius 2 is 1.88 bits per heavy atom. The average Bonchev–Trinajstić information content (AvgIpc) is 2.53. The molecule has 2 aliphatic carbocycles. The molecule has 1 fully saturated rings. The van der Waals surface area contributed by atoms with Crippen LogP contribution in [0, 0.1) is 11.3 Å². The molecule has 0 aliphatic heterocycles. The summed E-state index contributed by atoms with van der Waals surface area (Å²) in [5.41, 5.74) is 1.79. The zero-order valence-corrected chi connectivity index (χ0v) is 16.7. The zero-order valence-electron chi connectivity index (χ0n) is 15.9. The second-order valence-electron chi connectivity index (χ2n) is 8.90. The molecule has 26 heavy (non-hydrogen) atoms. The van der Waals surface area contributed by atoms with Crippen LogP contribution in [-0.4, -0.2) is 24.0 Å². The van der Waals surface area contributed by atoms with Crippen LogP contribution >= 0.6 is 0 Å². The summed E-state index contributed by atoms with van der Waals surface area (Å²) in [4.78, 5) is 11.7. The minimum Gasteiger partial charge on any atom is -0.481 e. The molecule has 3 rings (SSSR count). The summed E-state index contributed by atoms with van der Waals surface area (Å²) in [5, 5.41) is 9.60. The number of hydrogen-bond acceptors (Lipinski definition) is 3. The molecule has 0 unspecified atom stereocenters. The number of carboxylic acid groups (broad SMARTS) is 1. The first-order chi connectivity index (χ1) is 11.9. The van der Waals surface area contributed by atoms with Crippen LogP contribution in [0.3, 0.4) is 0 Å². The Kier molecular flexibility index (Phi) is 4.51. The molecule has 144 valence electrons. The minimum absolute atomic E-state index is 0.000283. The first-order valence-corrected chi connectivity index (χ1v) is 10.7. The third-order valence-corrected chi connectivity index (χ3v) is 7.73. The van der Waals surface area contributed by atoms with Crippen molar-refractivity contribution in [2.45, 2.75) is 76.0 Å². The fourth-order valence-electron chi connectivity index (χ4n) is 4.97. The molecule has 0 amide bonds. The maximum Gasteiger partial charge on any atom is 0.309 e. The third kappa shape index (κ3) is 2.97. The Bertz CT molecular complexity index is 857. The molecule has 1 saturated carbocycles. The van der Waals surface area contributed by atoms with Crippen LogP contribution in [0.5, 0.6) is 0 Å². The van der Waals surface area contributed by atoms with E-state index in [-0.39, 0.29) is 22.1 Å². The van der Waals surface area contributed by atoms with E-state index >= 15 is 0 Å². The van der Waals surface area contributed by atoms with Crippen LogP contribution in [0.2, 0.25) is 0 Å². The summed E-state index contributed by atoms with van der Waals surface area (Å²) in [6.45, 7) is 7.78. The number of aryl methyl sites for hydroxylation is 1. The topological polar surface area (TPSA) is 91.7 Å². The number of hydrogen-bond donors (Lipinski definition) is 2. The Hall–Kier alpha value is -1.40. The highest BCUT2D eigenvalue weighted by Crippen LogP contribution is 2.55. The van der Waals surface area contributed by atoms with Crippen molar-refractivity contribution in [2.24, 2.45) is 11.3 Å². The molecule has 1 aromatic rings.